The number of nitrogens with one attached hydrogen (secondary N) is 2. The van der Waals surface area contributed by atoms with Crippen LogP contribution in [0.15, 0.2) is 41.3 Å². The van der Waals surface area contributed by atoms with E-state index < -0.39 is 17.2 Å². The third-order valence-electron chi connectivity index (χ3n) is 5.59. The van der Waals surface area contributed by atoms with Crippen molar-refractivity contribution in [1.82, 2.24) is 20.2 Å². The quantitative estimate of drug-likeness (QED) is 0.585. The third kappa shape index (κ3) is 4.91. The van der Waals surface area contributed by atoms with Gasteiger partial charge in [-0.05, 0) is 61.7 Å². The summed E-state index contributed by atoms with van der Waals surface area (Å²) in [5.74, 6) is -1.36. The van der Waals surface area contributed by atoms with Crippen LogP contribution in [0.25, 0.3) is 11.0 Å². The fourth-order valence-electron chi connectivity index (χ4n) is 3.91. The Morgan fingerprint density at radius 3 is 2.55 bits per heavy atom. The van der Waals surface area contributed by atoms with Crippen molar-refractivity contribution >= 4 is 16.9 Å². The highest BCUT2D eigenvalue weighted by Gasteiger charge is 2.21. The molecule has 0 saturated carbocycles. The van der Waals surface area contributed by atoms with Gasteiger partial charge in [0.15, 0.2) is 5.75 Å². The molecule has 3 N–H and O–H groups in total. The standard InChI is InChI=1S/C23H25FN4O3/c24-17-7-5-15(6-8-17)11-16-12-18-20(25-13-16)21(29)19(23(31)27-18)22(30)26-14-28-9-3-1-2-4-10-28/h5-8,12-13H,1-4,9-11,14H2,(H,26,30)(H2,27,29,31). The molecule has 1 aliphatic rings. The highest BCUT2D eigenvalue weighted by atomic mass is 19.1. The summed E-state index contributed by atoms with van der Waals surface area (Å²) < 4.78 is 13.1. The molecule has 4 rings (SSSR count). The maximum Gasteiger partial charge on any atom is 0.265 e. The van der Waals surface area contributed by atoms with Crippen molar-refractivity contribution in [2.75, 3.05) is 19.8 Å². The Morgan fingerprint density at radius 2 is 1.84 bits per heavy atom. The van der Waals surface area contributed by atoms with E-state index >= 15 is 0 Å². The Labute approximate surface area is 178 Å². The maximum atomic E-state index is 13.1. The van der Waals surface area contributed by atoms with E-state index in [9.17, 15) is 19.1 Å². The van der Waals surface area contributed by atoms with Crippen LogP contribution in [0.2, 0.25) is 0 Å². The number of aromatic hydroxyl groups is 1. The fraction of sp³-hybridized carbons (Fsp3) is 0.348. The second-order valence-corrected chi connectivity index (χ2v) is 7.92. The lowest BCUT2D eigenvalue weighted by atomic mass is 10.1. The van der Waals surface area contributed by atoms with Crippen LogP contribution >= 0.6 is 0 Å². The second kappa shape index (κ2) is 9.26. The van der Waals surface area contributed by atoms with Crippen LogP contribution in [-0.2, 0) is 6.42 Å². The smallest absolute Gasteiger partial charge is 0.265 e. The Kier molecular flexibility index (Phi) is 6.27. The number of carbonyl (C=O) groups is 1. The molecule has 162 valence electrons. The average molecular weight is 424 g/mol. The summed E-state index contributed by atoms with van der Waals surface area (Å²) in [7, 11) is 0. The lowest BCUT2D eigenvalue weighted by Gasteiger charge is -2.20. The van der Waals surface area contributed by atoms with Crippen LogP contribution in [-0.4, -0.2) is 45.6 Å². The first-order valence-electron chi connectivity index (χ1n) is 10.5. The summed E-state index contributed by atoms with van der Waals surface area (Å²) in [6, 6.07) is 7.82. The predicted octanol–water partition coefficient (Wildman–Crippen LogP) is 2.92. The number of hydrogen-bond donors (Lipinski definition) is 3. The highest BCUT2D eigenvalue weighted by molar-refractivity contribution is 6.01. The van der Waals surface area contributed by atoms with Crippen LogP contribution in [0.5, 0.6) is 5.75 Å². The molecule has 31 heavy (non-hydrogen) atoms. The Balaban J connectivity index is 1.54. The maximum absolute atomic E-state index is 13.1. The van der Waals surface area contributed by atoms with Gasteiger partial charge < -0.3 is 15.4 Å². The van der Waals surface area contributed by atoms with Crippen molar-refractivity contribution in [2.24, 2.45) is 0 Å². The largest absolute Gasteiger partial charge is 0.505 e. The van der Waals surface area contributed by atoms with E-state index in [-0.39, 0.29) is 16.9 Å². The summed E-state index contributed by atoms with van der Waals surface area (Å²) in [5.41, 5.74) is 1.17. The SMILES string of the molecule is O=C(NCN1CCCCCC1)c1c(O)c2ncc(Cc3ccc(F)cc3)cc2[nH]c1=O. The number of amides is 1. The van der Waals surface area contributed by atoms with Gasteiger partial charge in [-0.3, -0.25) is 19.5 Å². The number of aromatic nitrogens is 2. The van der Waals surface area contributed by atoms with Gasteiger partial charge in [0.1, 0.15) is 16.9 Å². The molecule has 0 unspecified atom stereocenters. The summed E-state index contributed by atoms with van der Waals surface area (Å²) in [6.07, 6.45) is 6.60. The molecule has 0 radical (unpaired) electrons. The Hall–Kier alpha value is -3.26. The van der Waals surface area contributed by atoms with E-state index in [1.54, 1.807) is 24.4 Å². The van der Waals surface area contributed by atoms with Crippen molar-refractivity contribution in [1.29, 1.82) is 0 Å². The van der Waals surface area contributed by atoms with Crippen LogP contribution in [0.3, 0.4) is 0 Å². The number of benzene rings is 1. The zero-order valence-electron chi connectivity index (χ0n) is 17.2. The van der Waals surface area contributed by atoms with Crippen molar-refractivity contribution in [3.8, 4) is 5.75 Å². The number of halogens is 1. The average Bonchev–Trinajstić information content (AvgIpc) is 3.02. The summed E-state index contributed by atoms with van der Waals surface area (Å²) in [5, 5.41) is 13.3. The molecular weight excluding hydrogens is 399 g/mol. The number of fused-ring (bicyclic) bond motifs is 1. The van der Waals surface area contributed by atoms with Gasteiger partial charge in [0.25, 0.3) is 11.5 Å². The molecule has 7 nitrogen and oxygen atoms in total. The lowest BCUT2D eigenvalue weighted by molar-refractivity contribution is 0.0919. The molecule has 2 aromatic heterocycles. The first-order valence-corrected chi connectivity index (χ1v) is 10.5. The van der Waals surface area contributed by atoms with Gasteiger partial charge >= 0.3 is 0 Å². The molecule has 1 saturated heterocycles. The highest BCUT2D eigenvalue weighted by Crippen LogP contribution is 2.24. The molecule has 0 spiro atoms. The number of H-pyrrole nitrogens is 1. The molecule has 3 heterocycles. The number of nitrogens with zero attached hydrogens (tertiary/aromatic N) is 2. The molecule has 1 aromatic carbocycles. The molecule has 0 aliphatic carbocycles. The fourth-order valence-corrected chi connectivity index (χ4v) is 3.91. The zero-order valence-corrected chi connectivity index (χ0v) is 17.2. The normalized spacial score (nSPS) is 15.0. The number of hydrogen-bond acceptors (Lipinski definition) is 5. The van der Waals surface area contributed by atoms with Crippen molar-refractivity contribution in [3.05, 3.63) is 69.4 Å². The topological polar surface area (TPSA) is 98.3 Å². The number of aromatic amines is 1. The van der Waals surface area contributed by atoms with Gasteiger partial charge in [-0.15, -0.1) is 0 Å². The minimum Gasteiger partial charge on any atom is -0.505 e. The molecule has 1 aliphatic heterocycles. The first-order chi connectivity index (χ1) is 15.0. The number of likely N-dealkylation sites (tertiary alicyclic amines) is 1. The van der Waals surface area contributed by atoms with Gasteiger partial charge in [-0.25, -0.2) is 4.39 Å². The van der Waals surface area contributed by atoms with E-state index in [1.165, 1.54) is 25.0 Å². The van der Waals surface area contributed by atoms with Gasteiger partial charge in [-0.2, -0.15) is 0 Å². The van der Waals surface area contributed by atoms with Crippen LogP contribution in [0.4, 0.5) is 4.39 Å². The number of rotatable bonds is 5. The van der Waals surface area contributed by atoms with E-state index in [2.05, 4.69) is 20.2 Å². The number of carbonyl (C=O) groups excluding carboxylic acids is 1. The van der Waals surface area contributed by atoms with Crippen molar-refractivity contribution in [2.45, 2.75) is 32.1 Å². The predicted molar refractivity (Wildman–Crippen MR) is 116 cm³/mol. The summed E-state index contributed by atoms with van der Waals surface area (Å²) >= 11 is 0. The van der Waals surface area contributed by atoms with Crippen molar-refractivity contribution < 1.29 is 14.3 Å². The lowest BCUT2D eigenvalue weighted by Crippen LogP contribution is -2.39. The van der Waals surface area contributed by atoms with Crippen LogP contribution < -0.4 is 10.9 Å². The van der Waals surface area contributed by atoms with Gasteiger partial charge in [0, 0.05) is 6.20 Å². The number of pyridine rings is 2. The molecule has 0 atom stereocenters. The van der Waals surface area contributed by atoms with E-state index in [0.29, 0.717) is 18.6 Å². The molecule has 1 amide bonds. The molecule has 3 aromatic rings. The molecule has 0 bridgehead atoms. The monoisotopic (exact) mass is 424 g/mol. The van der Waals surface area contributed by atoms with E-state index in [0.717, 1.165) is 37.1 Å². The van der Waals surface area contributed by atoms with E-state index in [4.69, 9.17) is 0 Å². The second-order valence-electron chi connectivity index (χ2n) is 7.92. The van der Waals surface area contributed by atoms with Crippen LogP contribution in [0.1, 0.15) is 47.2 Å². The van der Waals surface area contributed by atoms with Gasteiger partial charge in [0.2, 0.25) is 0 Å². The zero-order chi connectivity index (χ0) is 21.8. The minimum atomic E-state index is -0.668. The molecular formula is C23H25FN4O3. The van der Waals surface area contributed by atoms with Crippen molar-refractivity contribution in [3.63, 3.8) is 0 Å². The summed E-state index contributed by atoms with van der Waals surface area (Å²) in [6.45, 7) is 2.14. The Bertz CT molecular complexity index is 1140. The Morgan fingerprint density at radius 1 is 1.13 bits per heavy atom. The summed E-state index contributed by atoms with van der Waals surface area (Å²) in [4.78, 5) is 34.2. The first kappa shape index (κ1) is 21.0. The van der Waals surface area contributed by atoms with Crippen LogP contribution in [0, 0.1) is 5.82 Å². The van der Waals surface area contributed by atoms with Gasteiger partial charge in [-0.1, -0.05) is 25.0 Å². The molecule has 1 fully saturated rings. The minimum absolute atomic E-state index is 0.155. The van der Waals surface area contributed by atoms with Gasteiger partial charge in [0.05, 0.1) is 12.2 Å². The molecule has 8 heteroatoms. The van der Waals surface area contributed by atoms with E-state index in [1.807, 2.05) is 0 Å². The third-order valence-corrected chi connectivity index (χ3v) is 5.59.